The summed E-state index contributed by atoms with van der Waals surface area (Å²) in [5, 5.41) is 3.06. The molecule has 1 aliphatic rings. The van der Waals surface area contributed by atoms with E-state index in [2.05, 4.69) is 40.3 Å². The maximum absolute atomic E-state index is 12.9. The van der Waals surface area contributed by atoms with Crippen LogP contribution in [0.25, 0.3) is 11.3 Å². The van der Waals surface area contributed by atoms with Gasteiger partial charge in [-0.1, -0.05) is 74.5 Å². The molecule has 0 aliphatic heterocycles. The van der Waals surface area contributed by atoms with Crippen LogP contribution in [0.1, 0.15) is 44.5 Å². The van der Waals surface area contributed by atoms with E-state index in [9.17, 15) is 4.79 Å². The molecule has 1 amide bonds. The number of hydrogen-bond acceptors (Lipinski definition) is 3. The van der Waals surface area contributed by atoms with Gasteiger partial charge in [0.25, 0.3) is 0 Å². The van der Waals surface area contributed by atoms with Crippen molar-refractivity contribution in [3.05, 3.63) is 84.7 Å². The lowest BCUT2D eigenvalue weighted by molar-refractivity contribution is -0.127. The molecule has 1 saturated carbocycles. The minimum Gasteiger partial charge on any atom is -0.356 e. The second-order valence-corrected chi connectivity index (χ2v) is 9.20. The van der Waals surface area contributed by atoms with Gasteiger partial charge in [0.05, 0.1) is 11.1 Å². The number of nitrogens with two attached hydrogens (primary N) is 1. The third-order valence-electron chi connectivity index (χ3n) is 5.95. The SMILES string of the molecule is CC(C)([CH]c1nc(-c2ccccc2)cn1Cc1ccccc1)C(=O)NCCC1(N)CC1. The summed E-state index contributed by atoms with van der Waals surface area (Å²) in [7, 11) is 0. The van der Waals surface area contributed by atoms with Gasteiger partial charge >= 0.3 is 0 Å². The quantitative estimate of drug-likeness (QED) is 0.551. The van der Waals surface area contributed by atoms with Crippen molar-refractivity contribution in [1.29, 1.82) is 0 Å². The number of carbonyl (C=O) groups excluding carboxylic acids is 1. The van der Waals surface area contributed by atoms with Gasteiger partial charge in [-0.15, -0.1) is 0 Å². The molecular formula is C26H31N4O. The van der Waals surface area contributed by atoms with Crippen LogP contribution in [0.3, 0.4) is 0 Å². The summed E-state index contributed by atoms with van der Waals surface area (Å²) in [6.07, 6.45) is 6.96. The molecule has 0 spiro atoms. The number of hydrogen-bond donors (Lipinski definition) is 2. The average Bonchev–Trinajstić information content (AvgIpc) is 3.37. The van der Waals surface area contributed by atoms with Crippen LogP contribution in [-0.2, 0) is 11.3 Å². The highest BCUT2D eigenvalue weighted by molar-refractivity contribution is 5.83. The molecule has 1 heterocycles. The third-order valence-corrected chi connectivity index (χ3v) is 5.95. The Labute approximate surface area is 184 Å². The molecule has 2 aromatic carbocycles. The molecule has 0 unspecified atom stereocenters. The number of rotatable bonds is 9. The minimum atomic E-state index is -0.695. The van der Waals surface area contributed by atoms with E-state index in [0.29, 0.717) is 13.1 Å². The van der Waals surface area contributed by atoms with E-state index in [-0.39, 0.29) is 11.4 Å². The van der Waals surface area contributed by atoms with Crippen molar-refractivity contribution in [3.63, 3.8) is 0 Å². The molecular weight excluding hydrogens is 384 g/mol. The normalized spacial score (nSPS) is 14.9. The van der Waals surface area contributed by atoms with E-state index >= 15 is 0 Å². The van der Waals surface area contributed by atoms with Crippen LogP contribution >= 0.6 is 0 Å². The van der Waals surface area contributed by atoms with E-state index in [1.165, 1.54) is 5.56 Å². The average molecular weight is 416 g/mol. The summed E-state index contributed by atoms with van der Waals surface area (Å²) in [4.78, 5) is 17.8. The predicted octanol–water partition coefficient (Wildman–Crippen LogP) is 4.17. The van der Waals surface area contributed by atoms with Gasteiger partial charge < -0.3 is 15.6 Å². The molecule has 5 nitrogen and oxygen atoms in total. The van der Waals surface area contributed by atoms with Crippen molar-refractivity contribution >= 4 is 5.91 Å². The van der Waals surface area contributed by atoms with Gasteiger partial charge in [0, 0.05) is 36.8 Å². The summed E-state index contributed by atoms with van der Waals surface area (Å²) in [6.45, 7) is 5.17. The molecule has 1 aromatic heterocycles. The van der Waals surface area contributed by atoms with Gasteiger partial charge in [-0.2, -0.15) is 0 Å². The van der Waals surface area contributed by atoms with E-state index in [0.717, 1.165) is 36.3 Å². The van der Waals surface area contributed by atoms with Crippen LogP contribution < -0.4 is 11.1 Å². The fourth-order valence-electron chi connectivity index (χ4n) is 3.65. The van der Waals surface area contributed by atoms with Gasteiger partial charge in [0.1, 0.15) is 5.82 Å². The van der Waals surface area contributed by atoms with Crippen molar-refractivity contribution in [3.8, 4) is 11.3 Å². The standard InChI is InChI=1S/C26H31N4O/c1-25(2,24(31)28-16-15-26(27)13-14-26)17-23-29-22(21-11-7-4-8-12-21)19-30(23)18-20-9-5-3-6-10-20/h3-12,17,19H,13-16,18,27H2,1-2H3,(H,28,31). The van der Waals surface area contributed by atoms with E-state index in [1.54, 1.807) is 0 Å². The van der Waals surface area contributed by atoms with Crippen LogP contribution in [0.15, 0.2) is 66.9 Å². The minimum absolute atomic E-state index is 0.00716. The zero-order valence-electron chi connectivity index (χ0n) is 18.3. The number of imidazole rings is 1. The van der Waals surface area contributed by atoms with Gasteiger partial charge in [0.15, 0.2) is 0 Å². The highest BCUT2D eigenvalue weighted by Crippen LogP contribution is 2.35. The maximum atomic E-state index is 12.9. The fraction of sp³-hybridized carbons (Fsp3) is 0.346. The molecule has 5 heteroatoms. The number of benzene rings is 2. The van der Waals surface area contributed by atoms with Crippen molar-refractivity contribution in [2.24, 2.45) is 11.1 Å². The van der Waals surface area contributed by atoms with Crippen LogP contribution in [0, 0.1) is 11.8 Å². The summed E-state index contributed by atoms with van der Waals surface area (Å²) < 4.78 is 2.12. The van der Waals surface area contributed by atoms with Crippen LogP contribution in [-0.4, -0.2) is 27.5 Å². The molecule has 1 radical (unpaired) electrons. The number of amides is 1. The maximum Gasteiger partial charge on any atom is 0.226 e. The lowest BCUT2D eigenvalue weighted by atomic mass is 9.87. The number of aromatic nitrogens is 2. The number of carbonyl (C=O) groups is 1. The van der Waals surface area contributed by atoms with E-state index in [1.807, 2.05) is 56.7 Å². The second-order valence-electron chi connectivity index (χ2n) is 9.20. The molecule has 0 bridgehead atoms. The fourth-order valence-corrected chi connectivity index (χ4v) is 3.65. The summed E-state index contributed by atoms with van der Waals surface area (Å²) in [5.74, 6) is 0.785. The predicted molar refractivity (Wildman–Crippen MR) is 124 cm³/mol. The Balaban J connectivity index is 1.53. The second kappa shape index (κ2) is 8.67. The molecule has 1 aliphatic carbocycles. The van der Waals surface area contributed by atoms with Gasteiger partial charge in [0.2, 0.25) is 5.91 Å². The number of nitrogens with zero attached hydrogens (tertiary/aromatic N) is 2. The van der Waals surface area contributed by atoms with Gasteiger partial charge in [-0.25, -0.2) is 4.98 Å². The number of nitrogens with one attached hydrogen (secondary N) is 1. The summed E-state index contributed by atoms with van der Waals surface area (Å²) in [6, 6.07) is 20.4. The van der Waals surface area contributed by atoms with Crippen molar-refractivity contribution in [1.82, 2.24) is 14.9 Å². The van der Waals surface area contributed by atoms with Crippen molar-refractivity contribution < 1.29 is 4.79 Å². The highest BCUT2D eigenvalue weighted by Gasteiger charge is 2.38. The lowest BCUT2D eigenvalue weighted by Gasteiger charge is -2.24. The molecule has 161 valence electrons. The molecule has 0 atom stereocenters. The summed E-state index contributed by atoms with van der Waals surface area (Å²) in [5.41, 5.74) is 8.54. The van der Waals surface area contributed by atoms with Crippen molar-refractivity contribution in [2.75, 3.05) is 6.54 Å². The molecule has 31 heavy (non-hydrogen) atoms. The monoisotopic (exact) mass is 415 g/mol. The first-order valence-corrected chi connectivity index (χ1v) is 10.9. The zero-order valence-corrected chi connectivity index (χ0v) is 18.3. The van der Waals surface area contributed by atoms with E-state index in [4.69, 9.17) is 10.7 Å². The Bertz CT molecular complexity index is 1020. The highest BCUT2D eigenvalue weighted by atomic mass is 16.2. The van der Waals surface area contributed by atoms with Gasteiger partial charge in [-0.3, -0.25) is 4.79 Å². The Kier molecular flexibility index (Phi) is 5.96. The Morgan fingerprint density at radius 3 is 2.42 bits per heavy atom. The Hall–Kier alpha value is -2.92. The molecule has 3 aromatic rings. The Morgan fingerprint density at radius 1 is 1.13 bits per heavy atom. The smallest absolute Gasteiger partial charge is 0.226 e. The van der Waals surface area contributed by atoms with Crippen LogP contribution in [0.2, 0.25) is 0 Å². The third kappa shape index (κ3) is 5.42. The summed E-state index contributed by atoms with van der Waals surface area (Å²) >= 11 is 0. The molecule has 3 N–H and O–H groups in total. The van der Waals surface area contributed by atoms with E-state index < -0.39 is 5.41 Å². The topological polar surface area (TPSA) is 72.9 Å². The van der Waals surface area contributed by atoms with Gasteiger partial charge in [-0.05, 0) is 24.8 Å². The molecule has 0 saturated heterocycles. The lowest BCUT2D eigenvalue weighted by Crippen LogP contribution is -2.40. The first-order valence-electron chi connectivity index (χ1n) is 10.9. The van der Waals surface area contributed by atoms with Crippen LogP contribution in [0.5, 0.6) is 0 Å². The molecule has 1 fully saturated rings. The first-order chi connectivity index (χ1) is 14.8. The molecule has 4 rings (SSSR count). The van der Waals surface area contributed by atoms with Crippen molar-refractivity contribution in [2.45, 2.75) is 45.2 Å². The van der Waals surface area contributed by atoms with Crippen LogP contribution in [0.4, 0.5) is 0 Å². The zero-order chi connectivity index (χ0) is 21.9. The first kappa shape index (κ1) is 21.3. The Morgan fingerprint density at radius 2 is 1.77 bits per heavy atom. The largest absolute Gasteiger partial charge is 0.356 e.